The number of hydrogen-bond donors (Lipinski definition) is 1. The summed E-state index contributed by atoms with van der Waals surface area (Å²) in [4.78, 5) is 15.9. The zero-order chi connectivity index (χ0) is 18.8. The van der Waals surface area contributed by atoms with Crippen LogP contribution in [0.25, 0.3) is 0 Å². The number of nitrogens with zero attached hydrogens (tertiary/aromatic N) is 3. The van der Waals surface area contributed by atoms with Crippen LogP contribution in [0.4, 0.5) is 0 Å². The molecule has 0 saturated heterocycles. The zero-order valence-corrected chi connectivity index (χ0v) is 16.2. The first kappa shape index (κ1) is 18.7. The van der Waals surface area contributed by atoms with E-state index < -0.39 is 5.91 Å². The van der Waals surface area contributed by atoms with Gasteiger partial charge in [-0.25, -0.2) is 4.68 Å². The molecule has 2 N–H and O–H groups in total. The number of hydrogen-bond acceptors (Lipinski definition) is 4. The summed E-state index contributed by atoms with van der Waals surface area (Å²) in [5.41, 5.74) is 8.57. The third-order valence-electron chi connectivity index (χ3n) is 5.33. The molecular weight excluding hydrogens is 352 g/mol. The quantitative estimate of drug-likeness (QED) is 0.863. The molecular formula is C19H25ClN4O2. The van der Waals surface area contributed by atoms with Crippen LogP contribution < -0.4 is 10.5 Å². The normalized spacial score (nSPS) is 20.2. The average Bonchev–Trinajstić information content (AvgIpc) is 2.89. The van der Waals surface area contributed by atoms with Gasteiger partial charge in [-0.15, -0.1) is 0 Å². The standard InChI is InChI=1S/C19H25ClN4O2/c1-11-16(18(21)25)8-15(9-22-11)14-6-4-13(5-7-14)10-24-19(26-3)17(20)12(2)23-24/h8-9,13-14H,4-7,10H2,1-3H3,(H2,21,25). The van der Waals surface area contributed by atoms with Gasteiger partial charge < -0.3 is 10.5 Å². The predicted molar refractivity (Wildman–Crippen MR) is 101 cm³/mol. The first-order valence-electron chi connectivity index (χ1n) is 8.94. The van der Waals surface area contributed by atoms with Crippen LogP contribution in [-0.2, 0) is 6.54 Å². The molecule has 0 aromatic carbocycles. The highest BCUT2D eigenvalue weighted by Crippen LogP contribution is 2.38. The Balaban J connectivity index is 1.66. The monoisotopic (exact) mass is 376 g/mol. The summed E-state index contributed by atoms with van der Waals surface area (Å²) in [5.74, 6) is 1.18. The summed E-state index contributed by atoms with van der Waals surface area (Å²) < 4.78 is 7.27. The molecule has 0 unspecified atom stereocenters. The van der Waals surface area contributed by atoms with Gasteiger partial charge in [0.05, 0.1) is 18.4 Å². The van der Waals surface area contributed by atoms with Crippen molar-refractivity contribution in [1.82, 2.24) is 14.8 Å². The first-order valence-corrected chi connectivity index (χ1v) is 9.31. The van der Waals surface area contributed by atoms with E-state index in [0.717, 1.165) is 43.5 Å². The van der Waals surface area contributed by atoms with E-state index in [1.807, 2.05) is 30.8 Å². The second kappa shape index (κ2) is 7.66. The lowest BCUT2D eigenvalue weighted by Crippen LogP contribution is -2.20. The largest absolute Gasteiger partial charge is 0.480 e. The molecule has 1 fully saturated rings. The summed E-state index contributed by atoms with van der Waals surface area (Å²) in [6.07, 6.45) is 6.18. The smallest absolute Gasteiger partial charge is 0.250 e. The van der Waals surface area contributed by atoms with Crippen LogP contribution in [0.1, 0.15) is 58.9 Å². The van der Waals surface area contributed by atoms with Crippen molar-refractivity contribution in [3.8, 4) is 5.88 Å². The van der Waals surface area contributed by atoms with Crippen molar-refractivity contribution in [3.63, 3.8) is 0 Å². The minimum absolute atomic E-state index is 0.413. The number of aromatic nitrogens is 3. The second-order valence-corrected chi connectivity index (χ2v) is 7.45. The Morgan fingerprint density at radius 3 is 2.62 bits per heavy atom. The van der Waals surface area contributed by atoms with E-state index >= 15 is 0 Å². The fraction of sp³-hybridized carbons (Fsp3) is 0.526. The van der Waals surface area contributed by atoms with Crippen molar-refractivity contribution in [2.24, 2.45) is 11.7 Å². The molecule has 0 atom stereocenters. The lowest BCUT2D eigenvalue weighted by Gasteiger charge is -2.29. The minimum atomic E-state index is -0.413. The third-order valence-corrected chi connectivity index (χ3v) is 5.76. The van der Waals surface area contributed by atoms with Crippen molar-refractivity contribution < 1.29 is 9.53 Å². The molecule has 26 heavy (non-hydrogen) atoms. The molecule has 1 aliphatic rings. The molecule has 2 heterocycles. The number of nitrogens with two attached hydrogens (primary N) is 1. The van der Waals surface area contributed by atoms with E-state index in [1.54, 1.807) is 7.11 Å². The van der Waals surface area contributed by atoms with Gasteiger partial charge in [-0.1, -0.05) is 11.6 Å². The molecule has 1 aliphatic carbocycles. The lowest BCUT2D eigenvalue weighted by atomic mass is 9.79. The number of halogens is 1. The highest BCUT2D eigenvalue weighted by atomic mass is 35.5. The molecule has 3 rings (SSSR count). The SMILES string of the molecule is COc1c(Cl)c(C)nn1CC1CCC(c2cnc(C)c(C(N)=O)c2)CC1. The first-order chi connectivity index (χ1) is 12.4. The van der Waals surface area contributed by atoms with Crippen molar-refractivity contribution in [2.45, 2.75) is 52.0 Å². The van der Waals surface area contributed by atoms with Crippen LogP contribution in [0.3, 0.4) is 0 Å². The van der Waals surface area contributed by atoms with Gasteiger partial charge in [0, 0.05) is 18.4 Å². The van der Waals surface area contributed by atoms with Gasteiger partial charge in [0.1, 0.15) is 5.02 Å². The van der Waals surface area contributed by atoms with E-state index in [-0.39, 0.29) is 0 Å². The van der Waals surface area contributed by atoms with Gasteiger partial charge in [-0.3, -0.25) is 9.78 Å². The molecule has 1 amide bonds. The van der Waals surface area contributed by atoms with Gasteiger partial charge in [-0.05, 0) is 63.0 Å². The third kappa shape index (κ3) is 3.70. The molecule has 0 bridgehead atoms. The Bertz CT molecular complexity index is 810. The summed E-state index contributed by atoms with van der Waals surface area (Å²) in [6.45, 7) is 4.51. The molecule has 0 radical (unpaired) electrons. The fourth-order valence-corrected chi connectivity index (χ4v) is 4.01. The summed E-state index contributed by atoms with van der Waals surface area (Å²) in [7, 11) is 1.62. The fourth-order valence-electron chi connectivity index (χ4n) is 3.80. The maximum absolute atomic E-state index is 11.6. The van der Waals surface area contributed by atoms with E-state index in [4.69, 9.17) is 22.1 Å². The van der Waals surface area contributed by atoms with Crippen LogP contribution in [-0.4, -0.2) is 27.8 Å². The lowest BCUT2D eigenvalue weighted by molar-refractivity contribution is 0.0999. The number of methoxy groups -OCH3 is 1. The number of carbonyl (C=O) groups excluding carboxylic acids is 1. The molecule has 7 heteroatoms. The van der Waals surface area contributed by atoms with Gasteiger partial charge in [0.25, 0.3) is 5.91 Å². The molecule has 6 nitrogen and oxygen atoms in total. The highest BCUT2D eigenvalue weighted by molar-refractivity contribution is 6.32. The van der Waals surface area contributed by atoms with Crippen molar-refractivity contribution in [3.05, 3.63) is 39.8 Å². The Morgan fingerprint density at radius 1 is 1.31 bits per heavy atom. The Morgan fingerprint density at radius 2 is 2.00 bits per heavy atom. The van der Waals surface area contributed by atoms with Crippen LogP contribution in [0, 0.1) is 19.8 Å². The van der Waals surface area contributed by atoms with E-state index in [2.05, 4.69) is 10.1 Å². The van der Waals surface area contributed by atoms with Crippen molar-refractivity contribution in [1.29, 1.82) is 0 Å². The summed E-state index contributed by atoms with van der Waals surface area (Å²) >= 11 is 6.24. The van der Waals surface area contributed by atoms with E-state index in [1.165, 1.54) is 0 Å². The number of carbonyl (C=O) groups is 1. The van der Waals surface area contributed by atoms with Crippen LogP contribution in [0.2, 0.25) is 5.02 Å². The highest BCUT2D eigenvalue weighted by Gasteiger charge is 2.25. The average molecular weight is 377 g/mol. The Hall–Kier alpha value is -2.08. The van der Waals surface area contributed by atoms with E-state index in [0.29, 0.717) is 34.0 Å². The number of amides is 1. The molecule has 1 saturated carbocycles. The van der Waals surface area contributed by atoms with Crippen molar-refractivity contribution >= 4 is 17.5 Å². The number of rotatable bonds is 5. The second-order valence-electron chi connectivity index (χ2n) is 7.07. The summed E-state index contributed by atoms with van der Waals surface area (Å²) in [6, 6.07) is 1.91. The Labute approximate surface area is 158 Å². The number of primary amides is 1. The minimum Gasteiger partial charge on any atom is -0.480 e. The van der Waals surface area contributed by atoms with Gasteiger partial charge in [0.15, 0.2) is 0 Å². The Kier molecular flexibility index (Phi) is 5.51. The number of aryl methyl sites for hydroxylation is 2. The molecule has 0 spiro atoms. The van der Waals surface area contributed by atoms with Crippen molar-refractivity contribution in [2.75, 3.05) is 7.11 Å². The van der Waals surface area contributed by atoms with Gasteiger partial charge in [0.2, 0.25) is 5.88 Å². The molecule has 2 aromatic heterocycles. The maximum Gasteiger partial charge on any atom is 0.250 e. The maximum atomic E-state index is 11.6. The summed E-state index contributed by atoms with van der Waals surface area (Å²) in [5, 5.41) is 5.08. The van der Waals surface area contributed by atoms with Gasteiger partial charge in [-0.2, -0.15) is 5.10 Å². The number of pyridine rings is 1. The zero-order valence-electron chi connectivity index (χ0n) is 15.5. The van der Waals surface area contributed by atoms with Crippen LogP contribution in [0.15, 0.2) is 12.3 Å². The molecule has 0 aliphatic heterocycles. The molecule has 2 aromatic rings. The molecule has 140 valence electrons. The predicted octanol–water partition coefficient (Wildman–Crippen LogP) is 3.63. The van der Waals surface area contributed by atoms with E-state index in [9.17, 15) is 4.79 Å². The number of ether oxygens (including phenoxy) is 1. The topological polar surface area (TPSA) is 83.0 Å². The van der Waals surface area contributed by atoms with Crippen LogP contribution >= 0.6 is 11.6 Å². The van der Waals surface area contributed by atoms with Crippen LogP contribution in [0.5, 0.6) is 5.88 Å². The van der Waals surface area contributed by atoms with Gasteiger partial charge >= 0.3 is 0 Å².